The molecular weight excluding hydrogens is 257 g/mol. The molecule has 1 fully saturated rings. The van der Waals surface area contributed by atoms with Gasteiger partial charge in [-0.3, -0.25) is 4.79 Å². The second-order valence-corrected chi connectivity index (χ2v) is 5.13. The van der Waals surface area contributed by atoms with Gasteiger partial charge in [-0.15, -0.1) is 0 Å². The van der Waals surface area contributed by atoms with Gasteiger partial charge in [0.05, 0.1) is 10.6 Å². The molecule has 0 saturated heterocycles. The third-order valence-corrected chi connectivity index (χ3v) is 3.52. The van der Waals surface area contributed by atoms with Gasteiger partial charge < -0.3 is 10.1 Å². The number of hydrogen-bond donors (Lipinski definition) is 1. The molecule has 1 aromatic carbocycles. The van der Waals surface area contributed by atoms with Crippen LogP contribution in [0.1, 0.15) is 12.8 Å². The van der Waals surface area contributed by atoms with Gasteiger partial charge in [-0.05, 0) is 25.0 Å². The third kappa shape index (κ3) is 1.97. The molecule has 1 aromatic rings. The lowest BCUT2D eigenvalue weighted by molar-refractivity contribution is -0.125. The van der Waals surface area contributed by atoms with Crippen molar-refractivity contribution in [3.8, 4) is 5.75 Å². The van der Waals surface area contributed by atoms with Crippen LogP contribution in [0.4, 0.5) is 4.39 Å². The fourth-order valence-electron chi connectivity index (χ4n) is 2.25. The summed E-state index contributed by atoms with van der Waals surface area (Å²) in [5.74, 6) is -0.456. The van der Waals surface area contributed by atoms with Gasteiger partial charge >= 0.3 is 0 Å². The molecule has 94 valence electrons. The van der Waals surface area contributed by atoms with Crippen LogP contribution in [-0.2, 0) is 4.79 Å². The van der Waals surface area contributed by atoms with E-state index in [0.717, 1.165) is 12.8 Å². The van der Waals surface area contributed by atoms with Crippen molar-refractivity contribution in [3.63, 3.8) is 0 Å². The maximum Gasteiger partial charge on any atom is 0.258 e. The van der Waals surface area contributed by atoms with Crippen LogP contribution < -0.4 is 10.1 Å². The zero-order valence-corrected chi connectivity index (χ0v) is 10.3. The number of carbonyl (C=O) groups excluding carboxylic acids is 1. The van der Waals surface area contributed by atoms with E-state index < -0.39 is 5.82 Å². The van der Waals surface area contributed by atoms with Gasteiger partial charge in [0.1, 0.15) is 11.6 Å². The van der Waals surface area contributed by atoms with Crippen molar-refractivity contribution in [3.05, 3.63) is 40.7 Å². The summed E-state index contributed by atoms with van der Waals surface area (Å²) in [6, 6.07) is 4.09. The molecule has 18 heavy (non-hydrogen) atoms. The van der Waals surface area contributed by atoms with Gasteiger partial charge in [0.15, 0.2) is 6.61 Å². The summed E-state index contributed by atoms with van der Waals surface area (Å²) in [5.41, 5.74) is 1.29. The van der Waals surface area contributed by atoms with Gasteiger partial charge in [-0.2, -0.15) is 0 Å². The highest BCUT2D eigenvalue weighted by Gasteiger charge is 2.49. The second-order valence-electron chi connectivity index (χ2n) is 4.73. The summed E-state index contributed by atoms with van der Waals surface area (Å²) < 4.78 is 18.3. The van der Waals surface area contributed by atoms with Gasteiger partial charge in [-0.25, -0.2) is 4.39 Å². The fraction of sp³-hybridized carbons (Fsp3) is 0.308. The molecule has 3 aliphatic rings. The highest BCUT2D eigenvalue weighted by Crippen LogP contribution is 2.49. The van der Waals surface area contributed by atoms with E-state index in [1.54, 1.807) is 0 Å². The number of nitrogens with one attached hydrogen (secondary N) is 1. The first-order valence-corrected chi connectivity index (χ1v) is 6.04. The zero-order valence-electron chi connectivity index (χ0n) is 9.50. The predicted octanol–water partition coefficient (Wildman–Crippen LogP) is 2.45. The lowest BCUT2D eigenvalue weighted by atomic mass is 9.60. The maximum absolute atomic E-state index is 13.1. The maximum atomic E-state index is 13.1. The van der Waals surface area contributed by atoms with Crippen molar-refractivity contribution in [1.82, 2.24) is 5.32 Å². The van der Waals surface area contributed by atoms with Gasteiger partial charge in [-0.1, -0.05) is 23.3 Å². The Morgan fingerprint density at radius 1 is 1.50 bits per heavy atom. The van der Waals surface area contributed by atoms with Crippen LogP contribution in [-0.4, -0.2) is 18.1 Å². The third-order valence-electron chi connectivity index (χ3n) is 3.21. The van der Waals surface area contributed by atoms with E-state index in [1.807, 2.05) is 0 Å². The molecule has 1 N–H and O–H groups in total. The SMILES string of the molecule is O=C(COc1ccc(Cl)c(F)c1)NC12C=C(C1)C2. The topological polar surface area (TPSA) is 38.3 Å². The highest BCUT2D eigenvalue weighted by molar-refractivity contribution is 6.30. The van der Waals surface area contributed by atoms with Crippen molar-refractivity contribution >= 4 is 17.5 Å². The van der Waals surface area contributed by atoms with E-state index in [4.69, 9.17) is 16.3 Å². The number of amides is 1. The molecule has 5 heteroatoms. The molecule has 0 aromatic heterocycles. The highest BCUT2D eigenvalue weighted by atomic mass is 35.5. The van der Waals surface area contributed by atoms with E-state index in [1.165, 1.54) is 23.8 Å². The van der Waals surface area contributed by atoms with Crippen LogP contribution in [0.2, 0.25) is 5.02 Å². The molecule has 0 atom stereocenters. The molecule has 2 bridgehead atoms. The molecule has 4 rings (SSSR count). The monoisotopic (exact) mass is 267 g/mol. The molecule has 0 aliphatic heterocycles. The minimum Gasteiger partial charge on any atom is -0.484 e. The molecular formula is C13H11ClFNO2. The van der Waals surface area contributed by atoms with E-state index in [0.29, 0.717) is 5.75 Å². The summed E-state index contributed by atoms with van der Waals surface area (Å²) in [7, 11) is 0. The quantitative estimate of drug-likeness (QED) is 0.851. The number of halogens is 2. The minimum atomic E-state index is -0.557. The first-order chi connectivity index (χ1) is 8.56. The van der Waals surface area contributed by atoms with Crippen LogP contribution in [0.5, 0.6) is 5.75 Å². The average molecular weight is 268 g/mol. The number of hydrogen-bond acceptors (Lipinski definition) is 2. The van der Waals surface area contributed by atoms with E-state index in [-0.39, 0.29) is 23.1 Å². The van der Waals surface area contributed by atoms with Crippen molar-refractivity contribution < 1.29 is 13.9 Å². The molecule has 0 unspecified atom stereocenters. The van der Waals surface area contributed by atoms with Crippen LogP contribution in [0.3, 0.4) is 0 Å². The van der Waals surface area contributed by atoms with Crippen LogP contribution in [0.25, 0.3) is 0 Å². The smallest absolute Gasteiger partial charge is 0.258 e. The Balaban J connectivity index is 1.52. The van der Waals surface area contributed by atoms with Crippen LogP contribution >= 0.6 is 11.6 Å². The molecule has 1 saturated carbocycles. The summed E-state index contributed by atoms with van der Waals surface area (Å²) in [5, 5.41) is 2.93. The van der Waals surface area contributed by atoms with Crippen molar-refractivity contribution in [2.45, 2.75) is 18.4 Å². The van der Waals surface area contributed by atoms with Crippen molar-refractivity contribution in [2.75, 3.05) is 6.61 Å². The standard InChI is InChI=1S/C13H11ClFNO2/c14-10-2-1-9(3-11(10)15)18-7-12(17)16-13-4-8(5-13)6-13/h1-4H,5-7H2,(H,16,17). The summed E-state index contributed by atoms with van der Waals surface area (Å²) in [6.45, 7) is -0.119. The Kier molecular flexibility index (Phi) is 2.55. The molecule has 1 amide bonds. The second kappa shape index (κ2) is 3.99. The summed E-state index contributed by atoms with van der Waals surface area (Å²) >= 11 is 5.55. The minimum absolute atomic E-state index is 0.0345. The van der Waals surface area contributed by atoms with Crippen LogP contribution in [0, 0.1) is 5.82 Å². The van der Waals surface area contributed by atoms with Gasteiger partial charge in [0.25, 0.3) is 5.91 Å². The van der Waals surface area contributed by atoms with Gasteiger partial charge in [0.2, 0.25) is 0 Å². The molecule has 0 heterocycles. The Morgan fingerprint density at radius 2 is 2.22 bits per heavy atom. The molecule has 3 aliphatic carbocycles. The Bertz CT molecular complexity index is 548. The Hall–Kier alpha value is -1.55. The first kappa shape index (κ1) is 11.5. The van der Waals surface area contributed by atoms with Crippen molar-refractivity contribution in [2.24, 2.45) is 0 Å². The number of benzene rings is 1. The predicted molar refractivity (Wildman–Crippen MR) is 65.1 cm³/mol. The molecule has 0 spiro atoms. The molecule has 0 radical (unpaired) electrons. The fourth-order valence-corrected chi connectivity index (χ4v) is 2.36. The largest absolute Gasteiger partial charge is 0.484 e. The van der Waals surface area contributed by atoms with Crippen LogP contribution in [0.15, 0.2) is 29.8 Å². The first-order valence-electron chi connectivity index (χ1n) is 5.66. The van der Waals surface area contributed by atoms with Crippen molar-refractivity contribution in [1.29, 1.82) is 0 Å². The van der Waals surface area contributed by atoms with E-state index in [2.05, 4.69) is 11.4 Å². The number of rotatable bonds is 4. The average Bonchev–Trinajstić information content (AvgIpc) is 2.23. The van der Waals surface area contributed by atoms with E-state index >= 15 is 0 Å². The Morgan fingerprint density at radius 3 is 2.78 bits per heavy atom. The summed E-state index contributed by atoms with van der Waals surface area (Å²) in [4.78, 5) is 11.6. The zero-order chi connectivity index (χ0) is 12.8. The number of carbonyl (C=O) groups is 1. The normalized spacial score (nSPS) is 18.2. The number of ether oxygens (including phenoxy) is 1. The Labute approximate surface area is 109 Å². The van der Waals surface area contributed by atoms with Gasteiger partial charge in [0, 0.05) is 6.07 Å². The summed E-state index contributed by atoms with van der Waals surface area (Å²) in [6.07, 6.45) is 3.97. The molecule has 3 nitrogen and oxygen atoms in total. The lowest BCUT2D eigenvalue weighted by Gasteiger charge is -2.52. The van der Waals surface area contributed by atoms with E-state index in [9.17, 15) is 9.18 Å². The lowest BCUT2D eigenvalue weighted by Crippen LogP contribution is -2.60.